The molecule has 0 saturated carbocycles. The molecule has 0 radical (unpaired) electrons. The molecule has 0 fully saturated rings. The number of aromatic amines is 1. The number of carbonyl (C=O) groups excluding carboxylic acids is 1. The molecule has 0 bridgehead atoms. The largest absolute Gasteiger partial charge is 0.473 e. The number of hydrogen-bond donors (Lipinski definition) is 2. The van der Waals surface area contributed by atoms with Crippen LogP contribution in [0.4, 0.5) is 5.69 Å². The van der Waals surface area contributed by atoms with Crippen molar-refractivity contribution in [1.29, 1.82) is 0 Å². The van der Waals surface area contributed by atoms with Gasteiger partial charge >= 0.3 is 17.6 Å². The summed E-state index contributed by atoms with van der Waals surface area (Å²) < 4.78 is 10.6. The summed E-state index contributed by atoms with van der Waals surface area (Å²) in [4.78, 5) is 33.4. The fourth-order valence-corrected chi connectivity index (χ4v) is 1.51. The molecular formula is C10H14N3O6+. The molecule has 0 unspecified atom stereocenters. The number of nitrogens with one attached hydrogen (secondary N) is 1. The quantitative estimate of drug-likeness (QED) is 0.434. The maximum absolute atomic E-state index is 11.4. The molecule has 0 saturated heterocycles. The first kappa shape index (κ1) is 14.8. The third-order valence-corrected chi connectivity index (χ3v) is 2.50. The first-order valence-electron chi connectivity index (χ1n) is 5.29. The Labute approximate surface area is 108 Å². The molecule has 0 aliphatic carbocycles. The smallest absolute Gasteiger partial charge is 0.406 e. The lowest BCUT2D eigenvalue weighted by Gasteiger charge is -2.03. The van der Waals surface area contributed by atoms with E-state index in [2.05, 4.69) is 15.0 Å². The number of carboxylic acid groups (broad SMARTS) is 1. The lowest BCUT2D eigenvalue weighted by atomic mass is 10.3. The number of aromatic carboxylic acids is 1. The van der Waals surface area contributed by atoms with Crippen LogP contribution in [0.1, 0.15) is 27.9 Å². The van der Waals surface area contributed by atoms with Crippen LogP contribution in [-0.4, -0.2) is 42.5 Å². The van der Waals surface area contributed by atoms with Crippen molar-refractivity contribution in [3.05, 3.63) is 16.3 Å². The summed E-state index contributed by atoms with van der Waals surface area (Å²) in [6.45, 7) is 1.81. The highest BCUT2D eigenvalue weighted by Gasteiger charge is 2.36. The first-order valence-corrected chi connectivity index (χ1v) is 5.29. The van der Waals surface area contributed by atoms with Crippen molar-refractivity contribution in [2.24, 2.45) is 5.18 Å². The molecule has 0 amide bonds. The standard InChI is InChI=1S/C10H13N3O6/c1-5(18-2)4-13-8(9(14)15)6(12-17)7(11-13)10(16)19-3/h5H,4H2,1-3H3,(H,14,15)/p+1/t5-/m0/s1. The lowest BCUT2D eigenvalue weighted by Crippen LogP contribution is -2.46. The molecule has 9 heteroatoms. The highest BCUT2D eigenvalue weighted by Crippen LogP contribution is 2.21. The Morgan fingerprint density at radius 3 is 2.53 bits per heavy atom. The lowest BCUT2D eigenvalue weighted by molar-refractivity contribution is -0.757. The van der Waals surface area contributed by atoms with Gasteiger partial charge in [0.1, 0.15) is 6.10 Å². The molecular weight excluding hydrogens is 258 g/mol. The summed E-state index contributed by atoms with van der Waals surface area (Å²) in [6, 6.07) is 0. The third kappa shape index (κ3) is 2.94. The Balaban J connectivity index is 3.37. The van der Waals surface area contributed by atoms with E-state index in [1.54, 1.807) is 6.92 Å². The van der Waals surface area contributed by atoms with E-state index in [4.69, 9.17) is 9.84 Å². The fourth-order valence-electron chi connectivity index (χ4n) is 1.51. The summed E-state index contributed by atoms with van der Waals surface area (Å²) in [7, 11) is 2.56. The molecule has 0 spiro atoms. The van der Waals surface area contributed by atoms with E-state index >= 15 is 0 Å². The van der Waals surface area contributed by atoms with Gasteiger partial charge in [0, 0.05) is 7.11 Å². The van der Waals surface area contributed by atoms with Crippen LogP contribution < -0.4 is 4.68 Å². The van der Waals surface area contributed by atoms with Gasteiger partial charge in [-0.15, -0.1) is 4.91 Å². The zero-order valence-electron chi connectivity index (χ0n) is 10.7. The Hall–Kier alpha value is -2.29. The summed E-state index contributed by atoms with van der Waals surface area (Å²) >= 11 is 0. The second kappa shape index (κ2) is 6.05. The van der Waals surface area contributed by atoms with Crippen molar-refractivity contribution in [2.75, 3.05) is 14.2 Å². The zero-order valence-corrected chi connectivity index (χ0v) is 10.7. The number of carboxylic acids is 1. The predicted octanol–water partition coefficient (Wildman–Crippen LogP) is 0.220. The van der Waals surface area contributed by atoms with E-state index in [-0.39, 0.29) is 18.3 Å². The van der Waals surface area contributed by atoms with Crippen molar-refractivity contribution in [2.45, 2.75) is 19.6 Å². The minimum Gasteiger partial charge on any atom is -0.473 e. The van der Waals surface area contributed by atoms with Gasteiger partial charge in [-0.2, -0.15) is 5.10 Å². The molecule has 1 atom stereocenters. The average molecular weight is 272 g/mol. The van der Waals surface area contributed by atoms with Gasteiger partial charge in [-0.25, -0.2) is 9.59 Å². The second-order valence-electron chi connectivity index (χ2n) is 3.73. The Morgan fingerprint density at radius 1 is 1.47 bits per heavy atom. The SMILES string of the molecule is COC(=O)c1[nH][n+](C[C@H](C)OC)c(C(=O)O)c1N=O. The molecule has 1 heterocycles. The minimum absolute atomic E-state index is 0.109. The van der Waals surface area contributed by atoms with Crippen molar-refractivity contribution in [3.63, 3.8) is 0 Å². The molecule has 0 aliphatic heterocycles. The van der Waals surface area contributed by atoms with E-state index in [1.807, 2.05) is 0 Å². The van der Waals surface area contributed by atoms with Crippen LogP contribution in [0.25, 0.3) is 0 Å². The van der Waals surface area contributed by atoms with E-state index in [0.29, 0.717) is 0 Å². The predicted molar refractivity (Wildman–Crippen MR) is 61.2 cm³/mol. The van der Waals surface area contributed by atoms with Gasteiger partial charge in [0.2, 0.25) is 11.4 Å². The molecule has 1 rings (SSSR count). The Kier molecular flexibility index (Phi) is 4.70. The van der Waals surface area contributed by atoms with Crippen molar-refractivity contribution >= 4 is 17.6 Å². The zero-order chi connectivity index (χ0) is 14.6. The van der Waals surface area contributed by atoms with Gasteiger partial charge in [-0.3, -0.25) is 0 Å². The number of rotatable bonds is 6. The highest BCUT2D eigenvalue weighted by molar-refractivity contribution is 5.99. The number of ether oxygens (including phenoxy) is 2. The maximum Gasteiger partial charge on any atom is 0.406 e. The van der Waals surface area contributed by atoms with Gasteiger partial charge in [-0.05, 0) is 12.1 Å². The summed E-state index contributed by atoms with van der Waals surface area (Å²) in [5.74, 6) is -2.26. The van der Waals surface area contributed by atoms with Gasteiger partial charge in [0.25, 0.3) is 0 Å². The van der Waals surface area contributed by atoms with E-state index < -0.39 is 23.3 Å². The normalized spacial score (nSPS) is 11.9. The van der Waals surface area contributed by atoms with Crippen LogP contribution >= 0.6 is 0 Å². The average Bonchev–Trinajstić information content (AvgIpc) is 2.75. The van der Waals surface area contributed by atoms with E-state index in [1.165, 1.54) is 7.11 Å². The fraction of sp³-hybridized carbons (Fsp3) is 0.500. The summed E-state index contributed by atoms with van der Waals surface area (Å²) in [6.07, 6.45) is -0.327. The number of esters is 1. The number of nitrogens with zero attached hydrogens (tertiary/aromatic N) is 2. The van der Waals surface area contributed by atoms with Crippen LogP contribution in [0, 0.1) is 4.91 Å². The van der Waals surface area contributed by atoms with E-state index in [0.717, 1.165) is 11.8 Å². The maximum atomic E-state index is 11.4. The number of nitroso groups, excluding NO2 is 1. The Bertz CT molecular complexity index is 510. The van der Waals surface area contributed by atoms with Crippen molar-refractivity contribution in [3.8, 4) is 0 Å². The van der Waals surface area contributed by atoms with E-state index in [9.17, 15) is 14.5 Å². The first-order chi connectivity index (χ1) is 8.96. The van der Waals surface area contributed by atoms with Crippen molar-refractivity contribution < 1.29 is 28.9 Å². The molecule has 9 nitrogen and oxygen atoms in total. The van der Waals surface area contributed by atoms with Crippen LogP contribution in [0.15, 0.2) is 5.18 Å². The van der Waals surface area contributed by atoms with Gasteiger partial charge < -0.3 is 14.6 Å². The van der Waals surface area contributed by atoms with Gasteiger partial charge in [0.05, 0.1) is 7.11 Å². The summed E-state index contributed by atoms with van der Waals surface area (Å²) in [5, 5.41) is 14.2. The molecule has 0 aliphatic rings. The highest BCUT2D eigenvalue weighted by atomic mass is 16.5. The number of methoxy groups -OCH3 is 2. The number of carbonyl (C=O) groups is 2. The van der Waals surface area contributed by atoms with Gasteiger partial charge in [0.15, 0.2) is 6.54 Å². The van der Waals surface area contributed by atoms with Gasteiger partial charge in [-0.1, -0.05) is 4.68 Å². The number of hydrogen-bond acceptors (Lipinski definition) is 6. The molecule has 1 aromatic rings. The molecule has 2 N–H and O–H groups in total. The minimum atomic E-state index is -1.38. The molecule has 104 valence electrons. The topological polar surface area (TPSA) is 122 Å². The Morgan fingerprint density at radius 2 is 2.11 bits per heavy atom. The molecule has 0 aromatic carbocycles. The number of aromatic nitrogens is 2. The van der Waals surface area contributed by atoms with Crippen LogP contribution in [0.2, 0.25) is 0 Å². The summed E-state index contributed by atoms with van der Waals surface area (Å²) in [5.41, 5.74) is -1.22. The van der Waals surface area contributed by atoms with Crippen LogP contribution in [-0.2, 0) is 16.0 Å². The van der Waals surface area contributed by atoms with Crippen molar-refractivity contribution in [1.82, 2.24) is 5.10 Å². The second-order valence-corrected chi connectivity index (χ2v) is 3.73. The van der Waals surface area contributed by atoms with Crippen LogP contribution in [0.5, 0.6) is 0 Å². The number of H-pyrrole nitrogens is 1. The molecule has 1 aromatic heterocycles. The monoisotopic (exact) mass is 272 g/mol. The third-order valence-electron chi connectivity index (χ3n) is 2.50. The van der Waals surface area contributed by atoms with Crippen LogP contribution in [0.3, 0.4) is 0 Å². The molecule has 19 heavy (non-hydrogen) atoms.